The van der Waals surface area contributed by atoms with Gasteiger partial charge >= 0.3 is 0 Å². The number of rotatable bonds is 1. The van der Waals surface area contributed by atoms with Crippen molar-refractivity contribution in [2.75, 3.05) is 0 Å². The molecule has 0 saturated carbocycles. The van der Waals surface area contributed by atoms with E-state index in [-0.39, 0.29) is 11.3 Å². The summed E-state index contributed by atoms with van der Waals surface area (Å²) in [7, 11) is 0. The second kappa shape index (κ2) is 5.24. The number of benzene rings is 2. The Hall–Kier alpha value is -2.52. The maximum Gasteiger partial charge on any atom is 0.267 e. The quantitative estimate of drug-likeness (QED) is 0.536. The summed E-state index contributed by atoms with van der Waals surface area (Å²) in [4.78, 5) is 13.3. The molecule has 0 fully saturated rings. The number of hydrogen-bond donors (Lipinski definition) is 1. The van der Waals surface area contributed by atoms with Gasteiger partial charge in [-0.2, -0.15) is 0 Å². The first-order chi connectivity index (χ1) is 12.2. The lowest BCUT2D eigenvalue weighted by atomic mass is 9.95. The second-order valence-corrected chi connectivity index (χ2v) is 7.15. The third-order valence-electron chi connectivity index (χ3n) is 5.30. The first kappa shape index (κ1) is 14.8. The van der Waals surface area contributed by atoms with Gasteiger partial charge in [0.1, 0.15) is 5.75 Å². The molecular weight excluding hydrogens is 334 g/mol. The molecule has 5 rings (SSSR count). The molecule has 3 nitrogen and oxygen atoms in total. The molecule has 2 aromatic heterocycles. The minimum atomic E-state index is -0.147. The molecule has 1 N–H and O–H groups in total. The number of hydrogen-bond acceptors (Lipinski definition) is 2. The minimum absolute atomic E-state index is 0.0195. The van der Waals surface area contributed by atoms with Crippen LogP contribution in [0.3, 0.4) is 0 Å². The van der Waals surface area contributed by atoms with E-state index in [0.717, 1.165) is 47.8 Å². The fourth-order valence-electron chi connectivity index (χ4n) is 4.25. The van der Waals surface area contributed by atoms with Gasteiger partial charge in [-0.25, -0.2) is 0 Å². The molecule has 2 heterocycles. The molecule has 0 spiro atoms. The Labute approximate surface area is 149 Å². The van der Waals surface area contributed by atoms with Crippen molar-refractivity contribution >= 4 is 27.9 Å². The van der Waals surface area contributed by atoms with Crippen molar-refractivity contribution < 1.29 is 5.11 Å². The molecule has 4 heteroatoms. The first-order valence-electron chi connectivity index (χ1n) is 8.56. The third kappa shape index (κ3) is 1.96. The fourth-order valence-corrected chi connectivity index (χ4v) is 4.47. The van der Waals surface area contributed by atoms with E-state index in [4.69, 9.17) is 11.6 Å². The number of aromatic hydroxyl groups is 1. The van der Waals surface area contributed by atoms with Crippen LogP contribution in [0.2, 0.25) is 5.02 Å². The highest BCUT2D eigenvalue weighted by Crippen LogP contribution is 2.41. The van der Waals surface area contributed by atoms with Crippen LogP contribution in [0.5, 0.6) is 5.75 Å². The van der Waals surface area contributed by atoms with Gasteiger partial charge in [0.25, 0.3) is 5.56 Å². The van der Waals surface area contributed by atoms with Crippen LogP contribution >= 0.6 is 11.6 Å². The third-order valence-corrected chi connectivity index (χ3v) is 5.52. The molecule has 4 aromatic rings. The van der Waals surface area contributed by atoms with Crippen molar-refractivity contribution in [1.82, 2.24) is 4.40 Å². The predicted molar refractivity (Wildman–Crippen MR) is 101 cm³/mol. The fraction of sp³-hybridized carbons (Fsp3) is 0.190. The van der Waals surface area contributed by atoms with Gasteiger partial charge in [-0.1, -0.05) is 41.9 Å². The highest BCUT2D eigenvalue weighted by Gasteiger charge is 2.26. The Morgan fingerprint density at radius 1 is 1.00 bits per heavy atom. The molecule has 0 aliphatic heterocycles. The standard InChI is InChI=1S/C21H16ClNO2/c22-13-10-15-14-8-4-5-9-17(14)23-19(15)16(11-13)20(24)18(21(23)25)12-6-2-1-3-7-12/h1-3,6-7,10-11,24H,4-5,8-9H2. The van der Waals surface area contributed by atoms with Crippen LogP contribution in [0, 0.1) is 0 Å². The van der Waals surface area contributed by atoms with E-state index >= 15 is 0 Å². The summed E-state index contributed by atoms with van der Waals surface area (Å²) in [6.07, 6.45) is 4.03. The van der Waals surface area contributed by atoms with Crippen molar-refractivity contribution in [2.24, 2.45) is 0 Å². The summed E-state index contributed by atoms with van der Waals surface area (Å²) in [5.74, 6) is 0.0195. The predicted octanol–water partition coefficient (Wildman–Crippen LogP) is 4.80. The van der Waals surface area contributed by atoms with Gasteiger partial charge in [0, 0.05) is 21.5 Å². The van der Waals surface area contributed by atoms with Crippen molar-refractivity contribution in [3.8, 4) is 16.9 Å². The van der Waals surface area contributed by atoms with Gasteiger partial charge in [0.15, 0.2) is 0 Å². The number of pyridine rings is 1. The Balaban J connectivity index is 2.04. The Bertz CT molecular complexity index is 1180. The monoisotopic (exact) mass is 349 g/mol. The summed E-state index contributed by atoms with van der Waals surface area (Å²) in [6.45, 7) is 0. The van der Waals surface area contributed by atoms with E-state index in [1.54, 1.807) is 6.07 Å². The van der Waals surface area contributed by atoms with Crippen molar-refractivity contribution in [2.45, 2.75) is 25.7 Å². The zero-order valence-corrected chi connectivity index (χ0v) is 14.3. The van der Waals surface area contributed by atoms with Crippen LogP contribution in [0.1, 0.15) is 24.1 Å². The Kier molecular flexibility index (Phi) is 3.10. The molecule has 1 aliphatic carbocycles. The summed E-state index contributed by atoms with van der Waals surface area (Å²) < 4.78 is 1.82. The van der Waals surface area contributed by atoms with Crippen LogP contribution in [-0.4, -0.2) is 9.51 Å². The Morgan fingerprint density at radius 3 is 2.52 bits per heavy atom. The highest BCUT2D eigenvalue weighted by molar-refractivity contribution is 6.32. The summed E-state index contributed by atoms with van der Waals surface area (Å²) in [5.41, 5.74) is 4.02. The van der Waals surface area contributed by atoms with Crippen molar-refractivity contribution in [3.05, 3.63) is 69.1 Å². The molecule has 25 heavy (non-hydrogen) atoms. The average Bonchev–Trinajstić information content (AvgIpc) is 2.96. The molecule has 0 amide bonds. The normalized spacial score (nSPS) is 14.3. The molecule has 1 aliphatic rings. The van der Waals surface area contributed by atoms with Crippen LogP contribution in [0.25, 0.3) is 27.4 Å². The van der Waals surface area contributed by atoms with Gasteiger partial charge in [-0.05, 0) is 48.9 Å². The number of nitrogens with zero attached hydrogens (tertiary/aromatic N) is 1. The number of fused-ring (bicyclic) bond motifs is 3. The van der Waals surface area contributed by atoms with Gasteiger partial charge in [0.2, 0.25) is 0 Å². The summed E-state index contributed by atoms with van der Waals surface area (Å²) in [6, 6.07) is 13.0. The van der Waals surface area contributed by atoms with E-state index in [9.17, 15) is 9.90 Å². The lowest BCUT2D eigenvalue weighted by Crippen LogP contribution is -2.18. The molecule has 0 atom stereocenters. The van der Waals surface area contributed by atoms with Crippen LogP contribution in [-0.2, 0) is 12.8 Å². The number of aryl methyl sites for hydroxylation is 2. The molecular formula is C21H16ClNO2. The lowest BCUT2D eigenvalue weighted by molar-refractivity contribution is 0.482. The first-order valence-corrected chi connectivity index (χ1v) is 8.94. The van der Waals surface area contributed by atoms with E-state index < -0.39 is 0 Å². The maximum atomic E-state index is 13.3. The average molecular weight is 350 g/mol. The van der Waals surface area contributed by atoms with Crippen molar-refractivity contribution in [1.29, 1.82) is 0 Å². The maximum absolute atomic E-state index is 13.3. The molecule has 2 aromatic carbocycles. The smallest absolute Gasteiger partial charge is 0.267 e. The van der Waals surface area contributed by atoms with Crippen LogP contribution in [0.4, 0.5) is 0 Å². The zero-order chi connectivity index (χ0) is 17.1. The van der Waals surface area contributed by atoms with Gasteiger partial charge in [-0.15, -0.1) is 0 Å². The molecule has 0 radical (unpaired) electrons. The highest BCUT2D eigenvalue weighted by atomic mass is 35.5. The van der Waals surface area contributed by atoms with E-state index in [2.05, 4.69) is 0 Å². The molecule has 124 valence electrons. The summed E-state index contributed by atoms with van der Waals surface area (Å²) >= 11 is 6.35. The Morgan fingerprint density at radius 2 is 1.72 bits per heavy atom. The minimum Gasteiger partial charge on any atom is -0.506 e. The summed E-state index contributed by atoms with van der Waals surface area (Å²) in [5, 5.41) is 13.2. The number of halogens is 1. The van der Waals surface area contributed by atoms with Gasteiger partial charge in [0.05, 0.1) is 11.1 Å². The van der Waals surface area contributed by atoms with E-state index in [0.29, 0.717) is 16.0 Å². The molecule has 0 bridgehead atoms. The van der Waals surface area contributed by atoms with E-state index in [1.165, 1.54) is 5.56 Å². The SMILES string of the molecule is O=c1c(-c2ccccc2)c(O)c2cc(Cl)cc3c4c(n1c23)CCCC4. The van der Waals surface area contributed by atoms with Gasteiger partial charge < -0.3 is 5.11 Å². The molecule has 0 unspecified atom stereocenters. The largest absolute Gasteiger partial charge is 0.506 e. The van der Waals surface area contributed by atoms with Crippen molar-refractivity contribution in [3.63, 3.8) is 0 Å². The molecule has 0 saturated heterocycles. The second-order valence-electron chi connectivity index (χ2n) is 6.71. The van der Waals surface area contributed by atoms with Crippen LogP contribution in [0.15, 0.2) is 47.3 Å². The topological polar surface area (TPSA) is 41.7 Å². The zero-order valence-electron chi connectivity index (χ0n) is 13.6. The van der Waals surface area contributed by atoms with E-state index in [1.807, 2.05) is 40.8 Å². The number of aromatic nitrogens is 1. The van der Waals surface area contributed by atoms with Crippen LogP contribution < -0.4 is 5.56 Å². The lowest BCUT2D eigenvalue weighted by Gasteiger charge is -2.13. The van der Waals surface area contributed by atoms with Gasteiger partial charge in [-0.3, -0.25) is 9.20 Å².